The highest BCUT2D eigenvalue weighted by Gasteiger charge is 2.64. The number of hydrogen-bond donors (Lipinski definition) is 2. The van der Waals surface area contributed by atoms with E-state index in [0.29, 0.717) is 0 Å². The first-order valence-corrected chi connectivity index (χ1v) is 7.97. The van der Waals surface area contributed by atoms with Crippen LogP contribution in [0.2, 0.25) is 0 Å². The smallest absolute Gasteiger partial charge is 0.466 e. The van der Waals surface area contributed by atoms with Crippen LogP contribution in [0.15, 0.2) is 53.1 Å². The number of likely N-dealkylation sites (tertiary alicyclic amines) is 1. The first-order chi connectivity index (χ1) is 11.9. The number of imide groups is 1. The number of benzene rings is 1. The first-order valence-electron chi connectivity index (χ1n) is 7.97. The van der Waals surface area contributed by atoms with Gasteiger partial charge in [0, 0.05) is 6.42 Å². The average molecular weight is 346 g/mol. The third kappa shape index (κ3) is 2.92. The van der Waals surface area contributed by atoms with Gasteiger partial charge in [0.15, 0.2) is 5.60 Å². The van der Waals surface area contributed by atoms with E-state index >= 15 is 0 Å². The highest BCUT2D eigenvalue weighted by atomic mass is 16.6. The number of ether oxygens (including phenoxy) is 1. The highest BCUT2D eigenvalue weighted by Crippen LogP contribution is 2.42. The van der Waals surface area contributed by atoms with E-state index in [0.717, 1.165) is 5.56 Å². The van der Waals surface area contributed by atoms with Crippen LogP contribution in [0.5, 0.6) is 0 Å². The minimum absolute atomic E-state index is 0.0289. The molecule has 0 saturated carbocycles. The van der Waals surface area contributed by atoms with E-state index in [1.807, 2.05) is 6.07 Å². The van der Waals surface area contributed by atoms with Crippen LogP contribution < -0.4 is 0 Å². The van der Waals surface area contributed by atoms with Crippen LogP contribution in [0.1, 0.15) is 24.7 Å². The standard InChI is InChI=1S/C18H19NO6/c1-13-10-18(23,15-8-5-9-24-15)12-19(13,16(20)21)17(22)25-11-14-6-3-2-4-7-14/h2-9,13,23H,10-12H2,1H3/p+1/t13-,18?,19?/m1/s1. The Hall–Kier alpha value is -2.64. The lowest BCUT2D eigenvalue weighted by Gasteiger charge is -2.28. The second kappa shape index (κ2) is 6.34. The zero-order chi connectivity index (χ0) is 18.1. The number of aliphatic hydroxyl groups is 1. The largest absolute Gasteiger partial charge is 0.527 e. The van der Waals surface area contributed by atoms with Crippen LogP contribution in [0.25, 0.3) is 0 Å². The molecule has 1 aromatic carbocycles. The number of carbonyl (C=O) groups is 2. The van der Waals surface area contributed by atoms with Gasteiger partial charge >= 0.3 is 12.2 Å². The summed E-state index contributed by atoms with van der Waals surface area (Å²) in [5, 5.41) is 20.6. The topological polar surface area (TPSA) is 97.0 Å². The van der Waals surface area contributed by atoms with E-state index in [1.54, 1.807) is 43.3 Å². The van der Waals surface area contributed by atoms with Crippen LogP contribution >= 0.6 is 0 Å². The van der Waals surface area contributed by atoms with Gasteiger partial charge in [0.2, 0.25) is 0 Å². The second-order valence-corrected chi connectivity index (χ2v) is 6.41. The SMILES string of the molecule is C[C@@H]1CC(O)(c2ccco2)C[N+]1(C(=O)O)C(=O)OCc1ccccc1. The lowest BCUT2D eigenvalue weighted by atomic mass is 9.98. The summed E-state index contributed by atoms with van der Waals surface area (Å²) < 4.78 is 9.52. The van der Waals surface area contributed by atoms with Crippen molar-refractivity contribution in [1.29, 1.82) is 0 Å². The molecule has 25 heavy (non-hydrogen) atoms. The molecular formula is C18H20NO6+. The fourth-order valence-corrected chi connectivity index (χ4v) is 3.41. The van der Waals surface area contributed by atoms with Crippen molar-refractivity contribution in [2.75, 3.05) is 6.54 Å². The van der Waals surface area contributed by atoms with E-state index in [9.17, 15) is 19.8 Å². The van der Waals surface area contributed by atoms with E-state index in [2.05, 4.69) is 0 Å². The first kappa shape index (κ1) is 17.2. The van der Waals surface area contributed by atoms with Crippen LogP contribution in [0.4, 0.5) is 9.59 Å². The molecule has 7 nitrogen and oxygen atoms in total. The lowest BCUT2D eigenvalue weighted by molar-refractivity contribution is -0.799. The third-order valence-corrected chi connectivity index (χ3v) is 4.75. The van der Waals surface area contributed by atoms with Crippen molar-refractivity contribution >= 4 is 12.2 Å². The average Bonchev–Trinajstić information content (AvgIpc) is 3.21. The fourth-order valence-electron chi connectivity index (χ4n) is 3.41. The van der Waals surface area contributed by atoms with Crippen molar-refractivity contribution in [2.24, 2.45) is 0 Å². The summed E-state index contributed by atoms with van der Waals surface area (Å²) in [5.74, 6) is 0.247. The van der Waals surface area contributed by atoms with Crippen molar-refractivity contribution in [3.63, 3.8) is 0 Å². The van der Waals surface area contributed by atoms with E-state index in [1.165, 1.54) is 6.26 Å². The summed E-state index contributed by atoms with van der Waals surface area (Å²) in [7, 11) is 0. The maximum atomic E-state index is 12.7. The summed E-state index contributed by atoms with van der Waals surface area (Å²) in [4.78, 5) is 24.7. The number of quaternary nitrogens is 1. The van der Waals surface area contributed by atoms with Gasteiger partial charge in [-0.15, -0.1) is 4.48 Å². The Morgan fingerprint density at radius 2 is 2.00 bits per heavy atom. The van der Waals surface area contributed by atoms with Gasteiger partial charge in [-0.25, -0.2) is 0 Å². The van der Waals surface area contributed by atoms with Crippen molar-refractivity contribution in [3.05, 3.63) is 60.1 Å². The molecule has 0 bridgehead atoms. The third-order valence-electron chi connectivity index (χ3n) is 4.75. The van der Waals surface area contributed by atoms with Crippen molar-refractivity contribution < 1.29 is 33.4 Å². The molecule has 2 amide bonds. The Balaban J connectivity index is 1.84. The van der Waals surface area contributed by atoms with Gasteiger partial charge in [-0.05, 0) is 24.6 Å². The summed E-state index contributed by atoms with van der Waals surface area (Å²) in [5.41, 5.74) is -0.778. The van der Waals surface area contributed by atoms with Gasteiger partial charge < -0.3 is 19.4 Å². The summed E-state index contributed by atoms with van der Waals surface area (Å²) >= 11 is 0. The predicted octanol–water partition coefficient (Wildman–Crippen LogP) is 3.09. The zero-order valence-corrected chi connectivity index (χ0v) is 13.8. The van der Waals surface area contributed by atoms with Gasteiger partial charge in [0.1, 0.15) is 25.0 Å². The molecule has 0 aliphatic carbocycles. The molecule has 3 atom stereocenters. The molecule has 2 aromatic rings. The number of rotatable bonds is 3. The maximum Gasteiger partial charge on any atom is 0.527 e. The van der Waals surface area contributed by atoms with Gasteiger partial charge in [0.05, 0.1) is 6.26 Å². The van der Waals surface area contributed by atoms with Crippen LogP contribution in [0, 0.1) is 0 Å². The van der Waals surface area contributed by atoms with Gasteiger partial charge in [-0.3, -0.25) is 0 Å². The molecule has 2 N–H and O–H groups in total. The summed E-state index contributed by atoms with van der Waals surface area (Å²) in [6, 6.07) is 11.5. The van der Waals surface area contributed by atoms with E-state index in [-0.39, 0.29) is 25.3 Å². The van der Waals surface area contributed by atoms with E-state index in [4.69, 9.17) is 9.15 Å². The molecule has 1 fully saturated rings. The van der Waals surface area contributed by atoms with Crippen molar-refractivity contribution in [3.8, 4) is 0 Å². The lowest BCUT2D eigenvalue weighted by Crippen LogP contribution is -2.59. The second-order valence-electron chi connectivity index (χ2n) is 6.41. The molecule has 132 valence electrons. The van der Waals surface area contributed by atoms with Crippen LogP contribution in [-0.2, 0) is 16.9 Å². The summed E-state index contributed by atoms with van der Waals surface area (Å²) in [6.45, 7) is 1.24. The monoisotopic (exact) mass is 346 g/mol. The predicted molar refractivity (Wildman–Crippen MR) is 86.5 cm³/mol. The molecule has 2 heterocycles. The number of amides is 2. The Morgan fingerprint density at radius 3 is 2.60 bits per heavy atom. The number of carboxylic acid groups (broad SMARTS) is 1. The van der Waals surface area contributed by atoms with Crippen molar-refractivity contribution in [1.82, 2.24) is 0 Å². The molecule has 7 heteroatoms. The van der Waals surface area contributed by atoms with Gasteiger partial charge in [-0.1, -0.05) is 30.3 Å². The minimum Gasteiger partial charge on any atom is -0.466 e. The Labute approximate surface area is 144 Å². The molecule has 3 rings (SSSR count). The fraction of sp³-hybridized carbons (Fsp3) is 0.333. The molecule has 0 spiro atoms. The number of nitrogens with zero attached hydrogens (tertiary/aromatic N) is 1. The van der Waals surface area contributed by atoms with Gasteiger partial charge in [-0.2, -0.15) is 9.59 Å². The zero-order valence-electron chi connectivity index (χ0n) is 13.8. The maximum absolute atomic E-state index is 12.7. The Morgan fingerprint density at radius 1 is 1.28 bits per heavy atom. The Bertz CT molecular complexity index is 759. The van der Waals surface area contributed by atoms with Crippen LogP contribution in [0.3, 0.4) is 0 Å². The van der Waals surface area contributed by atoms with E-state index < -0.39 is 28.3 Å². The minimum atomic E-state index is -1.53. The number of furan rings is 1. The molecule has 2 unspecified atom stereocenters. The quantitative estimate of drug-likeness (QED) is 0.829. The summed E-state index contributed by atoms with van der Waals surface area (Å²) in [6.07, 6.45) is -0.772. The molecular weight excluding hydrogens is 326 g/mol. The molecule has 1 aliphatic heterocycles. The highest BCUT2D eigenvalue weighted by molar-refractivity contribution is 5.76. The molecule has 0 radical (unpaired) electrons. The molecule has 1 saturated heterocycles. The normalized spacial score (nSPS) is 28.6. The number of carbonyl (C=O) groups excluding carboxylic acids is 1. The Kier molecular flexibility index (Phi) is 4.36. The van der Waals surface area contributed by atoms with Crippen molar-refractivity contribution in [2.45, 2.75) is 31.6 Å². The molecule has 1 aromatic heterocycles. The van der Waals surface area contributed by atoms with Gasteiger partial charge in [0.25, 0.3) is 0 Å². The number of hydrogen-bond acceptors (Lipinski definition) is 5. The van der Waals surface area contributed by atoms with Crippen LogP contribution in [-0.4, -0.2) is 39.5 Å². The molecule has 1 aliphatic rings.